The van der Waals surface area contributed by atoms with Gasteiger partial charge in [0.25, 0.3) is 0 Å². The summed E-state index contributed by atoms with van der Waals surface area (Å²) >= 11 is 0. The normalized spacial score (nSPS) is 12.1. The molecule has 8 heteroatoms. The van der Waals surface area contributed by atoms with Crippen LogP contribution in [0.15, 0.2) is 24.3 Å². The first kappa shape index (κ1) is 13.8. The SMILES string of the molecule is Cc1ccc(-n2nnc(C(=O)CC(N)C(=O)O)n2)cc1. The molecule has 0 radical (unpaired) electrons. The maximum Gasteiger partial charge on any atom is 0.320 e. The number of carboxylic acids is 1. The molecule has 1 aromatic heterocycles. The monoisotopic (exact) mass is 275 g/mol. The van der Waals surface area contributed by atoms with E-state index in [1.165, 1.54) is 4.80 Å². The van der Waals surface area contributed by atoms with Crippen LogP contribution >= 0.6 is 0 Å². The van der Waals surface area contributed by atoms with E-state index in [1.54, 1.807) is 12.1 Å². The molecule has 8 nitrogen and oxygen atoms in total. The molecule has 104 valence electrons. The number of Topliss-reactive ketones (excluding diaryl/α,β-unsaturated/α-hetero) is 1. The van der Waals surface area contributed by atoms with E-state index in [-0.39, 0.29) is 12.2 Å². The first-order chi connectivity index (χ1) is 9.47. The molecule has 0 fully saturated rings. The van der Waals surface area contributed by atoms with E-state index in [0.29, 0.717) is 5.69 Å². The summed E-state index contributed by atoms with van der Waals surface area (Å²) in [4.78, 5) is 23.5. The summed E-state index contributed by atoms with van der Waals surface area (Å²) in [5.74, 6) is -1.95. The number of aliphatic carboxylic acids is 1. The molecule has 3 N–H and O–H groups in total. The smallest absolute Gasteiger partial charge is 0.320 e. The number of carbonyl (C=O) groups excluding carboxylic acids is 1. The molecule has 0 saturated carbocycles. The van der Waals surface area contributed by atoms with Gasteiger partial charge in [-0.05, 0) is 24.3 Å². The quantitative estimate of drug-likeness (QED) is 0.733. The fraction of sp³-hybridized carbons (Fsp3) is 0.250. The van der Waals surface area contributed by atoms with Gasteiger partial charge in [-0.3, -0.25) is 9.59 Å². The van der Waals surface area contributed by atoms with Crippen molar-refractivity contribution >= 4 is 11.8 Å². The molecular formula is C12H13N5O3. The number of ketones is 1. The second-order valence-corrected chi connectivity index (χ2v) is 4.31. The van der Waals surface area contributed by atoms with Crippen molar-refractivity contribution in [3.63, 3.8) is 0 Å². The molecule has 0 amide bonds. The highest BCUT2D eigenvalue weighted by molar-refractivity contribution is 5.95. The maximum absolute atomic E-state index is 11.7. The number of aromatic nitrogens is 4. The number of carbonyl (C=O) groups is 2. The summed E-state index contributed by atoms with van der Waals surface area (Å²) in [5, 5.41) is 19.9. The van der Waals surface area contributed by atoms with E-state index in [4.69, 9.17) is 10.8 Å². The Morgan fingerprint density at radius 1 is 1.35 bits per heavy atom. The second kappa shape index (κ2) is 5.57. The molecule has 1 aromatic carbocycles. The zero-order valence-corrected chi connectivity index (χ0v) is 10.7. The van der Waals surface area contributed by atoms with Gasteiger partial charge in [0.15, 0.2) is 0 Å². The minimum Gasteiger partial charge on any atom is -0.480 e. The average Bonchev–Trinajstić information content (AvgIpc) is 2.89. The van der Waals surface area contributed by atoms with E-state index in [1.807, 2.05) is 19.1 Å². The van der Waals surface area contributed by atoms with Gasteiger partial charge in [-0.2, -0.15) is 0 Å². The summed E-state index contributed by atoms with van der Waals surface area (Å²) in [6.45, 7) is 1.95. The highest BCUT2D eigenvalue weighted by Gasteiger charge is 2.21. The van der Waals surface area contributed by atoms with Crippen molar-refractivity contribution in [3.05, 3.63) is 35.7 Å². The minimum absolute atomic E-state index is 0.151. The number of nitrogens with zero attached hydrogens (tertiary/aromatic N) is 4. The van der Waals surface area contributed by atoms with Crippen molar-refractivity contribution in [1.29, 1.82) is 0 Å². The Morgan fingerprint density at radius 2 is 2.00 bits per heavy atom. The van der Waals surface area contributed by atoms with Crippen molar-refractivity contribution in [1.82, 2.24) is 20.2 Å². The van der Waals surface area contributed by atoms with E-state index in [9.17, 15) is 9.59 Å². The van der Waals surface area contributed by atoms with Crippen molar-refractivity contribution in [2.75, 3.05) is 0 Å². The van der Waals surface area contributed by atoms with Crippen LogP contribution in [-0.2, 0) is 4.79 Å². The third-order valence-electron chi connectivity index (χ3n) is 2.65. The molecule has 0 aliphatic rings. The summed E-state index contributed by atoms with van der Waals surface area (Å²) in [6.07, 6.45) is -0.366. The Hall–Kier alpha value is -2.61. The topological polar surface area (TPSA) is 124 Å². The lowest BCUT2D eigenvalue weighted by molar-refractivity contribution is -0.138. The predicted molar refractivity (Wildman–Crippen MR) is 68.4 cm³/mol. The zero-order valence-electron chi connectivity index (χ0n) is 10.7. The number of tetrazole rings is 1. The van der Waals surface area contributed by atoms with Gasteiger partial charge in [0.1, 0.15) is 6.04 Å². The fourth-order valence-electron chi connectivity index (χ4n) is 1.49. The Labute approximate surface area is 114 Å². The van der Waals surface area contributed by atoms with Gasteiger partial charge in [-0.1, -0.05) is 17.7 Å². The number of rotatable bonds is 5. The maximum atomic E-state index is 11.7. The first-order valence-electron chi connectivity index (χ1n) is 5.86. The van der Waals surface area contributed by atoms with Crippen LogP contribution in [0.25, 0.3) is 5.69 Å². The third kappa shape index (κ3) is 3.04. The highest BCUT2D eigenvalue weighted by atomic mass is 16.4. The molecule has 0 saturated heterocycles. The van der Waals surface area contributed by atoms with Crippen molar-refractivity contribution < 1.29 is 14.7 Å². The molecule has 0 spiro atoms. The number of hydrogen-bond acceptors (Lipinski definition) is 6. The summed E-state index contributed by atoms with van der Waals surface area (Å²) in [5.41, 5.74) is 7.02. The molecular weight excluding hydrogens is 262 g/mol. The van der Waals surface area contributed by atoms with Crippen LogP contribution in [0, 0.1) is 6.92 Å². The van der Waals surface area contributed by atoms with Gasteiger partial charge in [0, 0.05) is 6.42 Å². The lowest BCUT2D eigenvalue weighted by Crippen LogP contribution is -2.32. The largest absolute Gasteiger partial charge is 0.480 e. The fourth-order valence-corrected chi connectivity index (χ4v) is 1.49. The van der Waals surface area contributed by atoms with Crippen LogP contribution in [0.1, 0.15) is 22.6 Å². The molecule has 1 heterocycles. The van der Waals surface area contributed by atoms with Crippen LogP contribution in [0.4, 0.5) is 0 Å². The first-order valence-corrected chi connectivity index (χ1v) is 5.86. The van der Waals surface area contributed by atoms with Crippen molar-refractivity contribution in [2.45, 2.75) is 19.4 Å². The van der Waals surface area contributed by atoms with Crippen LogP contribution in [0.2, 0.25) is 0 Å². The number of aryl methyl sites for hydroxylation is 1. The number of carboxylic acid groups (broad SMARTS) is 1. The minimum atomic E-state index is -1.27. The molecule has 1 unspecified atom stereocenters. The Kier molecular flexibility index (Phi) is 3.85. The van der Waals surface area contributed by atoms with Crippen LogP contribution < -0.4 is 5.73 Å². The van der Waals surface area contributed by atoms with E-state index in [2.05, 4.69) is 15.4 Å². The van der Waals surface area contributed by atoms with Crippen molar-refractivity contribution in [2.24, 2.45) is 5.73 Å². The van der Waals surface area contributed by atoms with Gasteiger partial charge in [0.2, 0.25) is 11.6 Å². The lowest BCUT2D eigenvalue weighted by Gasteiger charge is -2.01. The van der Waals surface area contributed by atoms with E-state index < -0.39 is 17.8 Å². The van der Waals surface area contributed by atoms with Gasteiger partial charge in [-0.15, -0.1) is 15.0 Å². The molecule has 0 aliphatic carbocycles. The van der Waals surface area contributed by atoms with Crippen molar-refractivity contribution in [3.8, 4) is 5.69 Å². The Balaban J connectivity index is 2.14. The zero-order chi connectivity index (χ0) is 14.7. The Morgan fingerprint density at radius 3 is 2.60 bits per heavy atom. The molecule has 0 aliphatic heterocycles. The summed E-state index contributed by atoms with van der Waals surface area (Å²) in [7, 11) is 0. The molecule has 20 heavy (non-hydrogen) atoms. The number of hydrogen-bond donors (Lipinski definition) is 2. The summed E-state index contributed by atoms with van der Waals surface area (Å²) in [6, 6.07) is 6.05. The van der Waals surface area contributed by atoms with Gasteiger partial charge < -0.3 is 10.8 Å². The predicted octanol–water partition coefficient (Wildman–Crippen LogP) is -0.0446. The molecule has 0 bridgehead atoms. The van der Waals surface area contributed by atoms with Crippen LogP contribution in [0.3, 0.4) is 0 Å². The van der Waals surface area contributed by atoms with E-state index in [0.717, 1.165) is 5.56 Å². The van der Waals surface area contributed by atoms with E-state index >= 15 is 0 Å². The number of nitrogens with two attached hydrogens (primary N) is 1. The van der Waals surface area contributed by atoms with Crippen LogP contribution in [0.5, 0.6) is 0 Å². The van der Waals surface area contributed by atoms with Gasteiger partial charge in [-0.25, -0.2) is 0 Å². The van der Waals surface area contributed by atoms with Gasteiger partial charge in [0.05, 0.1) is 5.69 Å². The Bertz CT molecular complexity index is 635. The lowest BCUT2D eigenvalue weighted by atomic mass is 10.1. The molecule has 2 aromatic rings. The van der Waals surface area contributed by atoms with Crippen LogP contribution in [-0.4, -0.2) is 43.1 Å². The molecule has 2 rings (SSSR count). The third-order valence-corrected chi connectivity index (χ3v) is 2.65. The summed E-state index contributed by atoms with van der Waals surface area (Å²) < 4.78 is 0. The second-order valence-electron chi connectivity index (χ2n) is 4.31. The standard InChI is InChI=1S/C12H13N5O3/c1-7-2-4-8(5-3-7)17-15-11(14-16-17)10(18)6-9(13)12(19)20/h2-5,9H,6,13H2,1H3,(H,19,20). The van der Waals surface area contributed by atoms with Gasteiger partial charge >= 0.3 is 5.97 Å². The average molecular weight is 275 g/mol. The molecule has 1 atom stereocenters. The highest BCUT2D eigenvalue weighted by Crippen LogP contribution is 2.07. The number of benzene rings is 1.